The summed E-state index contributed by atoms with van der Waals surface area (Å²) in [7, 11) is 1.66. The number of aryl methyl sites for hydroxylation is 1. The molecule has 2 aliphatic heterocycles. The van der Waals surface area contributed by atoms with Crippen molar-refractivity contribution in [1.29, 1.82) is 5.53 Å². The maximum atomic E-state index is 13.4. The molecular formula is C48H56N10O6S2. The fraction of sp³-hybridized carbons (Fsp3) is 0.271. The number of hydrogen-bond donors (Lipinski definition) is 3. The van der Waals surface area contributed by atoms with E-state index in [-0.39, 0.29) is 25.3 Å². The van der Waals surface area contributed by atoms with Gasteiger partial charge in [0, 0.05) is 81.1 Å². The van der Waals surface area contributed by atoms with Crippen LogP contribution in [0.25, 0.3) is 15.9 Å². The average Bonchev–Trinajstić information content (AvgIpc) is 4.00. The Bertz CT molecular complexity index is 3130. The number of anilines is 1. The highest BCUT2D eigenvalue weighted by Gasteiger charge is 2.29. The largest absolute Gasteiger partial charge is 0.497 e. The lowest BCUT2D eigenvalue weighted by molar-refractivity contribution is -0.478. The van der Waals surface area contributed by atoms with Crippen molar-refractivity contribution in [3.05, 3.63) is 52.2 Å². The first-order valence-electron chi connectivity index (χ1n) is 19.4. The second-order valence-corrected chi connectivity index (χ2v) is 13.7. The van der Waals surface area contributed by atoms with Gasteiger partial charge in [-0.15, -0.1) is 0 Å². The zero-order valence-corrected chi connectivity index (χ0v) is 37.4. The van der Waals surface area contributed by atoms with E-state index in [1.54, 1.807) is 32.3 Å². The SMILES string of the molecule is CC#CC#CC#CC#CC#CC#CC#CC#CC#CC#CC#CC.COc1ccc(Cn2c(=O)n3ncnc3c3c4c(sc32)N(CC2CCCOC2)CCC4)cc1.N=N/N=N/N(OO)OS.[HH].[HH].[HH].[HH].[HH].[HH].[HH].[HH].[HH].[HH]. The average molecular weight is 933 g/mol. The Morgan fingerprint density at radius 1 is 0.909 bits per heavy atom. The standard InChI is InChI=1S/C24H27N5O3S.C24H6.H3N5O3S.10H2/c1-31-18-8-6-16(7-9-18)13-28-23-20(21-25-15-26-29(21)24(28)30)19-5-2-10-27(22(19)33-23)12-17-4-3-11-32-14-17;1-3-5-7-9-11-13-15-17-19-21-23-24-22-20-18-16-14-12-10-8-6-4-2;1-2-3-4-5(7-6)8-9;;;;;;;;;;/h6-9,15,17H,2-5,10-14H2,1H3;1-2H3;1,6,9H;10*1H/b;;2-1?,4-3+;;;;;;;;;;. The monoisotopic (exact) mass is 932 g/mol. The van der Waals surface area contributed by atoms with Crippen LogP contribution >= 0.6 is 24.2 Å². The van der Waals surface area contributed by atoms with E-state index in [2.05, 4.69) is 183 Å². The molecule has 0 aliphatic carbocycles. The van der Waals surface area contributed by atoms with Crippen LogP contribution in [0.2, 0.25) is 0 Å². The molecule has 66 heavy (non-hydrogen) atoms. The van der Waals surface area contributed by atoms with E-state index in [1.165, 1.54) is 27.8 Å². The van der Waals surface area contributed by atoms with E-state index < -0.39 is 0 Å². The van der Waals surface area contributed by atoms with Crippen molar-refractivity contribution in [3.8, 4) is 136 Å². The van der Waals surface area contributed by atoms with Gasteiger partial charge in [-0.3, -0.25) is 4.57 Å². The summed E-state index contributed by atoms with van der Waals surface area (Å²) in [6.45, 7) is 7.65. The number of fused-ring (bicyclic) bond motifs is 5. The van der Waals surface area contributed by atoms with Crippen molar-refractivity contribution in [2.75, 3.05) is 38.3 Å². The van der Waals surface area contributed by atoms with Gasteiger partial charge in [-0.1, -0.05) is 40.3 Å². The minimum atomic E-state index is -0.156. The number of thiol groups is 1. The Balaban J connectivity index is -0.000000199. The molecule has 16 nitrogen and oxygen atoms in total. The number of thiophene rings is 1. The van der Waals surface area contributed by atoms with Crippen molar-refractivity contribution >= 4 is 45.1 Å². The second kappa shape index (κ2) is 29.7. The van der Waals surface area contributed by atoms with Gasteiger partial charge in [0.2, 0.25) is 0 Å². The predicted octanol–water partition coefficient (Wildman–Crippen LogP) is 7.65. The van der Waals surface area contributed by atoms with Gasteiger partial charge in [0.05, 0.1) is 30.6 Å². The molecule has 18 heteroatoms. The van der Waals surface area contributed by atoms with Crippen molar-refractivity contribution in [3.63, 3.8) is 0 Å². The zero-order chi connectivity index (χ0) is 47.0. The van der Waals surface area contributed by atoms with Crippen LogP contribution in [0.15, 0.2) is 51.1 Å². The van der Waals surface area contributed by atoms with Gasteiger partial charge in [-0.05, 0) is 174 Å². The summed E-state index contributed by atoms with van der Waals surface area (Å²) >= 11 is 4.88. The Morgan fingerprint density at radius 2 is 1.48 bits per heavy atom. The Hall–Kier alpha value is -8.52. The molecule has 5 heterocycles. The maximum absolute atomic E-state index is 13.4. The van der Waals surface area contributed by atoms with E-state index >= 15 is 0 Å². The van der Waals surface area contributed by atoms with Gasteiger partial charge in [-0.25, -0.2) is 15.0 Å². The first-order chi connectivity index (χ1) is 32.5. The van der Waals surface area contributed by atoms with E-state index in [0.717, 1.165) is 67.1 Å². The topological polar surface area (TPSA) is 177 Å². The van der Waals surface area contributed by atoms with Gasteiger partial charge in [0.1, 0.15) is 16.9 Å². The van der Waals surface area contributed by atoms with Gasteiger partial charge in [0.25, 0.3) is 0 Å². The number of rotatable bonds is 9. The van der Waals surface area contributed by atoms with Gasteiger partial charge in [0.15, 0.2) is 5.65 Å². The van der Waals surface area contributed by atoms with Crippen LogP contribution in [0.1, 0.15) is 58.5 Å². The molecule has 0 spiro atoms. The van der Waals surface area contributed by atoms with Gasteiger partial charge < -0.3 is 14.4 Å². The second-order valence-electron chi connectivity index (χ2n) is 12.6. The summed E-state index contributed by atoms with van der Waals surface area (Å²) in [5, 5.41) is 22.4. The summed E-state index contributed by atoms with van der Waals surface area (Å²) in [5.41, 5.74) is 8.93. The number of nitrogens with zero attached hydrogens (tertiary/aromatic N) is 9. The zero-order valence-electron chi connectivity index (χ0n) is 35.7. The Kier molecular flexibility index (Phi) is 22.6. The van der Waals surface area contributed by atoms with Gasteiger partial charge in [-0.2, -0.15) is 19.4 Å². The fourth-order valence-electron chi connectivity index (χ4n) is 5.93. The molecule has 3 aromatic heterocycles. The molecule has 0 radical (unpaired) electrons. The highest BCUT2D eigenvalue weighted by atomic mass is 32.1. The molecule has 0 amide bonds. The maximum Gasteiger partial charge on any atom is 0.352 e. The molecule has 6 rings (SSSR count). The Labute approximate surface area is 406 Å². The molecule has 1 aromatic carbocycles. The fourth-order valence-corrected chi connectivity index (χ4v) is 7.36. The molecule has 0 saturated carbocycles. The minimum absolute atomic E-state index is 0. The number of aromatic nitrogens is 4. The molecular weight excluding hydrogens is 877 g/mol. The molecule has 346 valence electrons. The summed E-state index contributed by atoms with van der Waals surface area (Å²) < 4.78 is 18.2. The van der Waals surface area contributed by atoms with Crippen molar-refractivity contribution in [1.82, 2.24) is 24.5 Å². The lowest BCUT2D eigenvalue weighted by atomic mass is 9.99. The van der Waals surface area contributed by atoms with Crippen molar-refractivity contribution in [2.45, 2.75) is 46.1 Å². The first kappa shape index (κ1) is 50.1. The normalized spacial score (nSPS) is 12.1. The van der Waals surface area contributed by atoms with Crippen molar-refractivity contribution in [2.24, 2.45) is 21.6 Å². The van der Waals surface area contributed by atoms with E-state index in [0.29, 0.717) is 18.1 Å². The van der Waals surface area contributed by atoms with Crippen LogP contribution < -0.4 is 15.3 Å². The molecule has 2 N–H and O–H groups in total. The quantitative estimate of drug-likeness (QED) is 0.0378. The van der Waals surface area contributed by atoms with Gasteiger partial charge >= 0.3 is 5.69 Å². The number of hydrogen-bond acceptors (Lipinski definition) is 13. The van der Waals surface area contributed by atoms with E-state index in [1.807, 2.05) is 28.8 Å². The number of ether oxygens (including phenoxy) is 2. The smallest absolute Gasteiger partial charge is 0.352 e. The van der Waals surface area contributed by atoms with Crippen LogP contribution in [0.3, 0.4) is 0 Å². The molecule has 1 fully saturated rings. The van der Waals surface area contributed by atoms with Crippen LogP contribution in [0.4, 0.5) is 5.00 Å². The van der Waals surface area contributed by atoms with Crippen LogP contribution in [-0.2, 0) is 27.0 Å². The lowest BCUT2D eigenvalue weighted by Gasteiger charge is -2.33. The summed E-state index contributed by atoms with van der Waals surface area (Å²) in [5.74, 6) is 57.0. The highest BCUT2D eigenvalue weighted by Crippen LogP contribution is 2.43. The summed E-state index contributed by atoms with van der Waals surface area (Å²) in [4.78, 5) is 24.7. The summed E-state index contributed by atoms with van der Waals surface area (Å²) in [6, 6.07) is 7.87. The van der Waals surface area contributed by atoms with E-state index in [9.17, 15) is 4.79 Å². The molecule has 1 unspecified atom stereocenters. The molecule has 1 saturated heterocycles. The molecule has 4 aromatic rings. The predicted molar refractivity (Wildman–Crippen MR) is 272 cm³/mol. The van der Waals surface area contributed by atoms with Crippen molar-refractivity contribution < 1.29 is 38.3 Å². The Morgan fingerprint density at radius 3 is 1.97 bits per heavy atom. The number of benzene rings is 1. The lowest BCUT2D eigenvalue weighted by Crippen LogP contribution is -2.36. The number of nitrogens with one attached hydrogen (secondary N) is 1. The third-order valence-corrected chi connectivity index (χ3v) is 9.96. The number of methoxy groups -OCH3 is 1. The summed E-state index contributed by atoms with van der Waals surface area (Å²) in [6.07, 6.45) is 5.94. The third-order valence-electron chi connectivity index (χ3n) is 8.51. The molecule has 2 aliphatic rings. The highest BCUT2D eigenvalue weighted by molar-refractivity contribution is 7.75. The van der Waals surface area contributed by atoms with Crippen LogP contribution in [0, 0.1) is 142 Å². The van der Waals surface area contributed by atoms with E-state index in [4.69, 9.17) is 20.3 Å². The molecule has 0 bridgehead atoms. The third kappa shape index (κ3) is 16.3. The van der Waals surface area contributed by atoms with Crippen LogP contribution in [0.5, 0.6) is 5.75 Å². The first-order valence-corrected chi connectivity index (χ1v) is 20.5. The minimum Gasteiger partial charge on any atom is -0.497 e. The van der Waals surface area contributed by atoms with Crippen LogP contribution in [-0.4, -0.2) is 63.2 Å². The molecule has 1 atom stereocenters.